The lowest BCUT2D eigenvalue weighted by molar-refractivity contribution is 0.544. The maximum atomic E-state index is 13.0. The molecule has 0 unspecified atom stereocenters. The van der Waals surface area contributed by atoms with E-state index in [2.05, 4.69) is 23.6 Å². The summed E-state index contributed by atoms with van der Waals surface area (Å²) in [4.78, 5) is 3.41. The minimum Gasteiger partial charge on any atom is -0.361 e. The van der Waals surface area contributed by atoms with Gasteiger partial charge in [0.05, 0.1) is 4.90 Å². The van der Waals surface area contributed by atoms with Crippen LogP contribution in [0.3, 0.4) is 0 Å². The van der Waals surface area contributed by atoms with Crippen LogP contribution < -0.4 is 10.5 Å². The second kappa shape index (κ2) is 7.06. The van der Waals surface area contributed by atoms with Crippen molar-refractivity contribution in [2.24, 2.45) is 5.73 Å². The zero-order valence-corrected chi connectivity index (χ0v) is 17.7. The zero-order chi connectivity index (χ0) is 20.8. The van der Waals surface area contributed by atoms with E-state index in [1.807, 2.05) is 24.4 Å². The van der Waals surface area contributed by atoms with Gasteiger partial charge in [-0.05, 0) is 47.3 Å². The summed E-state index contributed by atoms with van der Waals surface area (Å²) in [6.45, 7) is 4.61. The molecule has 4 aromatic rings. The lowest BCUT2D eigenvalue weighted by Gasteiger charge is -2.22. The highest BCUT2D eigenvalue weighted by atomic mass is 35.5. The van der Waals surface area contributed by atoms with Crippen molar-refractivity contribution in [3.05, 3.63) is 71.4 Å². The van der Waals surface area contributed by atoms with Crippen molar-refractivity contribution in [2.45, 2.75) is 24.2 Å². The molecule has 0 aliphatic rings. The van der Waals surface area contributed by atoms with Crippen LogP contribution in [0.15, 0.2) is 65.7 Å². The van der Waals surface area contributed by atoms with Gasteiger partial charge in [-0.1, -0.05) is 43.6 Å². The number of anilines is 1. The quantitative estimate of drug-likeness (QED) is 0.418. The van der Waals surface area contributed by atoms with Crippen molar-refractivity contribution in [1.82, 2.24) is 4.98 Å². The Morgan fingerprint density at radius 1 is 1.07 bits per heavy atom. The summed E-state index contributed by atoms with van der Waals surface area (Å²) in [5, 5.41) is 3.13. The molecule has 4 N–H and O–H groups in total. The number of H-pyrrole nitrogens is 1. The lowest BCUT2D eigenvalue weighted by Crippen LogP contribution is -2.27. The Balaban J connectivity index is 1.73. The number of hydrogen-bond donors (Lipinski definition) is 3. The molecular weight excluding hydrogens is 406 g/mol. The first-order chi connectivity index (χ1) is 13.7. The molecule has 4 rings (SSSR count). The van der Waals surface area contributed by atoms with Gasteiger partial charge in [0.25, 0.3) is 10.0 Å². The average Bonchev–Trinajstić information content (AvgIpc) is 3.12. The predicted molar refractivity (Wildman–Crippen MR) is 120 cm³/mol. The first-order valence-corrected chi connectivity index (χ1v) is 11.1. The summed E-state index contributed by atoms with van der Waals surface area (Å²) in [6.07, 6.45) is 1.93. The van der Waals surface area contributed by atoms with Crippen molar-refractivity contribution in [2.75, 3.05) is 11.3 Å². The van der Waals surface area contributed by atoms with E-state index >= 15 is 0 Å². The number of fused-ring (bicyclic) bond motifs is 2. The van der Waals surface area contributed by atoms with Crippen molar-refractivity contribution < 1.29 is 8.42 Å². The van der Waals surface area contributed by atoms with E-state index < -0.39 is 10.0 Å². The van der Waals surface area contributed by atoms with E-state index in [9.17, 15) is 8.42 Å². The highest BCUT2D eigenvalue weighted by Gasteiger charge is 2.23. The molecular formula is C22H22ClN3O2S. The van der Waals surface area contributed by atoms with Crippen LogP contribution in [0, 0.1) is 0 Å². The molecule has 0 aliphatic heterocycles. The van der Waals surface area contributed by atoms with Crippen LogP contribution in [0.5, 0.6) is 0 Å². The Hall–Kier alpha value is -2.54. The Morgan fingerprint density at radius 2 is 1.86 bits per heavy atom. The largest absolute Gasteiger partial charge is 0.361 e. The summed E-state index contributed by atoms with van der Waals surface area (Å²) in [5.41, 5.74) is 8.18. The number of nitrogens with two attached hydrogens (primary N) is 1. The van der Waals surface area contributed by atoms with Crippen molar-refractivity contribution in [3.8, 4) is 0 Å². The van der Waals surface area contributed by atoms with Crippen molar-refractivity contribution >= 4 is 49.0 Å². The number of nitrogens with one attached hydrogen (secondary N) is 2. The Kier molecular flexibility index (Phi) is 4.81. The number of aromatic nitrogens is 1. The van der Waals surface area contributed by atoms with Gasteiger partial charge in [-0.2, -0.15) is 0 Å². The summed E-state index contributed by atoms with van der Waals surface area (Å²) >= 11 is 6.18. The summed E-state index contributed by atoms with van der Waals surface area (Å²) < 4.78 is 28.6. The normalized spacial score (nSPS) is 12.6. The number of halogens is 1. The van der Waals surface area contributed by atoms with Crippen LogP contribution in [0.25, 0.3) is 21.7 Å². The number of rotatable bonds is 5. The molecule has 5 nitrogen and oxygen atoms in total. The van der Waals surface area contributed by atoms with Gasteiger partial charge in [0.2, 0.25) is 0 Å². The second-order valence-corrected chi connectivity index (χ2v) is 9.87. The molecule has 150 valence electrons. The van der Waals surface area contributed by atoms with E-state index in [0.717, 1.165) is 27.2 Å². The van der Waals surface area contributed by atoms with Crippen LogP contribution in [-0.4, -0.2) is 19.9 Å². The summed E-state index contributed by atoms with van der Waals surface area (Å²) in [6, 6.07) is 15.8. The van der Waals surface area contributed by atoms with Gasteiger partial charge in [-0.25, -0.2) is 8.42 Å². The Labute approximate surface area is 174 Å². The molecule has 0 atom stereocenters. The van der Waals surface area contributed by atoms with E-state index in [0.29, 0.717) is 17.3 Å². The monoisotopic (exact) mass is 427 g/mol. The molecule has 0 radical (unpaired) electrons. The molecule has 1 aromatic heterocycles. The minimum atomic E-state index is -3.75. The Morgan fingerprint density at radius 3 is 2.62 bits per heavy atom. The van der Waals surface area contributed by atoms with Gasteiger partial charge in [-0.3, -0.25) is 4.72 Å². The van der Waals surface area contributed by atoms with E-state index in [-0.39, 0.29) is 10.3 Å². The molecule has 0 saturated carbocycles. The first-order valence-electron chi connectivity index (χ1n) is 9.24. The van der Waals surface area contributed by atoms with Crippen molar-refractivity contribution in [3.63, 3.8) is 0 Å². The van der Waals surface area contributed by atoms with E-state index in [4.69, 9.17) is 17.3 Å². The zero-order valence-electron chi connectivity index (χ0n) is 16.2. The third kappa shape index (κ3) is 3.59. The van der Waals surface area contributed by atoms with Crippen LogP contribution in [0.2, 0.25) is 5.02 Å². The average molecular weight is 428 g/mol. The van der Waals surface area contributed by atoms with Gasteiger partial charge in [-0.15, -0.1) is 0 Å². The molecule has 0 fully saturated rings. The molecule has 1 heterocycles. The fraction of sp³-hybridized carbons (Fsp3) is 0.182. The molecule has 0 aliphatic carbocycles. The maximum absolute atomic E-state index is 13.0. The highest BCUT2D eigenvalue weighted by molar-refractivity contribution is 7.92. The molecule has 0 saturated heterocycles. The van der Waals surface area contributed by atoms with E-state index in [1.54, 1.807) is 36.4 Å². The number of aromatic amines is 1. The minimum absolute atomic E-state index is 0.184. The van der Waals surface area contributed by atoms with Crippen LogP contribution in [0.1, 0.15) is 19.4 Å². The number of hydrogen-bond acceptors (Lipinski definition) is 3. The SMILES string of the molecule is CC(C)(CN)c1c[nH]c2ccc(NS(=O)(=O)c3ccc4c(Cl)cccc4c3)cc12. The summed E-state index contributed by atoms with van der Waals surface area (Å²) in [7, 11) is -3.75. The van der Waals surface area contributed by atoms with Crippen LogP contribution >= 0.6 is 11.6 Å². The first kappa shape index (κ1) is 19.8. The third-order valence-corrected chi connectivity index (χ3v) is 6.99. The number of benzene rings is 3. The van der Waals surface area contributed by atoms with Gasteiger partial charge < -0.3 is 10.7 Å². The molecule has 29 heavy (non-hydrogen) atoms. The van der Waals surface area contributed by atoms with Gasteiger partial charge in [0.1, 0.15) is 0 Å². The summed E-state index contributed by atoms with van der Waals surface area (Å²) in [5.74, 6) is 0. The lowest BCUT2D eigenvalue weighted by atomic mass is 9.84. The van der Waals surface area contributed by atoms with Gasteiger partial charge in [0.15, 0.2) is 0 Å². The molecule has 7 heteroatoms. The fourth-order valence-electron chi connectivity index (χ4n) is 3.46. The maximum Gasteiger partial charge on any atom is 0.261 e. The third-order valence-electron chi connectivity index (χ3n) is 5.28. The van der Waals surface area contributed by atoms with E-state index in [1.165, 1.54) is 0 Å². The van der Waals surface area contributed by atoms with Crippen LogP contribution in [0.4, 0.5) is 5.69 Å². The Bertz CT molecular complexity index is 1330. The molecule has 0 amide bonds. The topological polar surface area (TPSA) is 88.0 Å². The van der Waals surface area contributed by atoms with Crippen molar-refractivity contribution in [1.29, 1.82) is 0 Å². The van der Waals surface area contributed by atoms with Gasteiger partial charge >= 0.3 is 0 Å². The van der Waals surface area contributed by atoms with Gasteiger partial charge in [0, 0.05) is 45.2 Å². The standard InChI is InChI=1S/C22H22ClN3O2S/c1-22(2,13-24)19-12-25-21-9-6-15(11-18(19)21)26-29(27,28)16-7-8-17-14(10-16)4-3-5-20(17)23/h3-12,25-26H,13,24H2,1-2H3. The highest BCUT2D eigenvalue weighted by Crippen LogP contribution is 2.32. The predicted octanol–water partition coefficient (Wildman–Crippen LogP) is 5.01. The molecule has 3 aromatic carbocycles. The second-order valence-electron chi connectivity index (χ2n) is 7.78. The molecule has 0 bridgehead atoms. The van der Waals surface area contributed by atoms with Crippen LogP contribution in [-0.2, 0) is 15.4 Å². The fourth-order valence-corrected chi connectivity index (χ4v) is 4.79. The molecule has 0 spiro atoms. The number of sulfonamides is 1. The smallest absolute Gasteiger partial charge is 0.261 e.